The molecule has 6 nitrogen and oxygen atoms in total. The molecule has 0 saturated heterocycles. The first-order valence-corrected chi connectivity index (χ1v) is 5.99. The molecule has 19 heavy (non-hydrogen) atoms. The van der Waals surface area contributed by atoms with Crippen LogP contribution in [0, 0.1) is 13.8 Å². The molecule has 0 aliphatic carbocycles. The Labute approximate surface area is 112 Å². The third-order valence-corrected chi connectivity index (χ3v) is 2.47. The maximum atomic E-state index is 11.7. The van der Waals surface area contributed by atoms with E-state index in [0.717, 1.165) is 0 Å². The number of rotatable bonds is 3. The van der Waals surface area contributed by atoms with Gasteiger partial charge < -0.3 is 19.3 Å². The number of ether oxygens (including phenoxy) is 1. The van der Waals surface area contributed by atoms with E-state index in [1.54, 1.807) is 34.6 Å². The van der Waals surface area contributed by atoms with E-state index in [2.05, 4.69) is 10.3 Å². The molecule has 1 unspecified atom stereocenters. The van der Waals surface area contributed by atoms with Crippen LogP contribution in [-0.2, 0) is 15.1 Å². The number of hydrogen-bond donors (Lipinski definition) is 1. The second-order valence-electron chi connectivity index (χ2n) is 5.61. The Morgan fingerprint density at radius 3 is 2.26 bits per heavy atom. The molecule has 1 rings (SSSR count). The van der Waals surface area contributed by atoms with Gasteiger partial charge in [-0.3, -0.25) is 0 Å². The summed E-state index contributed by atoms with van der Waals surface area (Å²) in [7, 11) is 0. The number of nitrogens with zero attached hydrogens (tertiary/aromatic N) is 1. The van der Waals surface area contributed by atoms with Crippen LogP contribution in [0.3, 0.4) is 0 Å². The zero-order valence-electron chi connectivity index (χ0n) is 12.2. The molecule has 1 aromatic heterocycles. The van der Waals surface area contributed by atoms with Crippen molar-refractivity contribution >= 4 is 12.4 Å². The largest absolute Gasteiger partial charge is 0.444 e. The molecule has 1 atom stereocenters. The van der Waals surface area contributed by atoms with Gasteiger partial charge in [0.1, 0.15) is 11.4 Å². The number of aromatic nitrogens is 1. The average molecular weight is 268 g/mol. The maximum Gasteiger partial charge on any atom is 0.408 e. The van der Waals surface area contributed by atoms with Gasteiger partial charge in [-0.1, -0.05) is 0 Å². The minimum absolute atomic E-state index is 0.142. The summed E-state index contributed by atoms with van der Waals surface area (Å²) < 4.78 is 10.5. The second kappa shape index (κ2) is 5.03. The highest BCUT2D eigenvalue weighted by Crippen LogP contribution is 2.21. The van der Waals surface area contributed by atoms with Crippen LogP contribution < -0.4 is 5.32 Å². The summed E-state index contributed by atoms with van der Waals surface area (Å²) >= 11 is 0. The topological polar surface area (TPSA) is 81.4 Å². The minimum Gasteiger partial charge on any atom is -0.444 e. The normalized spacial score (nSPS) is 14.6. The van der Waals surface area contributed by atoms with Gasteiger partial charge in [-0.15, -0.1) is 0 Å². The Kier molecular flexibility index (Phi) is 4.03. The number of carbonyl (C=O) groups is 2. The zero-order valence-corrected chi connectivity index (χ0v) is 12.2. The van der Waals surface area contributed by atoms with Crippen molar-refractivity contribution < 1.29 is 18.7 Å². The van der Waals surface area contributed by atoms with E-state index in [0.29, 0.717) is 17.7 Å². The van der Waals surface area contributed by atoms with Gasteiger partial charge in [0.2, 0.25) is 5.89 Å². The monoisotopic (exact) mass is 268 g/mol. The summed E-state index contributed by atoms with van der Waals surface area (Å²) in [6, 6.07) is 0. The van der Waals surface area contributed by atoms with Crippen LogP contribution >= 0.6 is 0 Å². The van der Waals surface area contributed by atoms with Crippen LogP contribution in [0.15, 0.2) is 4.42 Å². The molecule has 0 aromatic carbocycles. The number of amides is 1. The van der Waals surface area contributed by atoms with Crippen molar-refractivity contribution in [2.45, 2.75) is 52.7 Å². The van der Waals surface area contributed by atoms with Crippen LogP contribution in [-0.4, -0.2) is 23.0 Å². The Bertz CT molecular complexity index is 468. The predicted molar refractivity (Wildman–Crippen MR) is 68.8 cm³/mol. The first kappa shape index (κ1) is 15.2. The number of aryl methyl sites for hydroxylation is 2. The second-order valence-corrected chi connectivity index (χ2v) is 5.61. The van der Waals surface area contributed by atoms with Crippen LogP contribution in [0.2, 0.25) is 0 Å². The number of oxazole rings is 1. The molecular weight excluding hydrogens is 248 g/mol. The van der Waals surface area contributed by atoms with Crippen molar-refractivity contribution in [1.82, 2.24) is 10.3 Å². The van der Waals surface area contributed by atoms with Gasteiger partial charge in [-0.25, -0.2) is 9.78 Å². The average Bonchev–Trinajstić information content (AvgIpc) is 2.56. The molecule has 0 fully saturated rings. The summed E-state index contributed by atoms with van der Waals surface area (Å²) in [6.07, 6.45) is -0.127. The molecule has 1 amide bonds. The van der Waals surface area contributed by atoms with Crippen LogP contribution in [0.4, 0.5) is 4.79 Å². The van der Waals surface area contributed by atoms with Crippen LogP contribution in [0.5, 0.6) is 0 Å². The summed E-state index contributed by atoms with van der Waals surface area (Å²) in [5, 5.41) is 2.47. The van der Waals surface area contributed by atoms with Gasteiger partial charge in [0, 0.05) is 0 Å². The highest BCUT2D eigenvalue weighted by molar-refractivity contribution is 5.76. The molecule has 106 valence electrons. The Balaban J connectivity index is 2.93. The first-order valence-electron chi connectivity index (χ1n) is 5.99. The maximum absolute atomic E-state index is 11.7. The van der Waals surface area contributed by atoms with Crippen molar-refractivity contribution in [3.8, 4) is 0 Å². The van der Waals surface area contributed by atoms with Gasteiger partial charge in [-0.2, -0.15) is 0 Å². The lowest BCUT2D eigenvalue weighted by molar-refractivity contribution is -0.113. The molecule has 0 aliphatic heterocycles. The van der Waals surface area contributed by atoms with Gasteiger partial charge in [0.15, 0.2) is 11.8 Å². The van der Waals surface area contributed by atoms with E-state index < -0.39 is 17.2 Å². The Morgan fingerprint density at radius 2 is 1.89 bits per heavy atom. The zero-order chi connectivity index (χ0) is 14.8. The summed E-state index contributed by atoms with van der Waals surface area (Å²) in [6.45, 7) is 10.2. The number of carbonyl (C=O) groups excluding carboxylic acids is 2. The fraction of sp³-hybridized carbons (Fsp3) is 0.615. The molecule has 1 heterocycles. The van der Waals surface area contributed by atoms with Gasteiger partial charge in [0.25, 0.3) is 0 Å². The molecule has 6 heteroatoms. The lowest BCUT2D eigenvalue weighted by atomic mass is 10.1. The van der Waals surface area contributed by atoms with Crippen molar-refractivity contribution in [2.24, 2.45) is 0 Å². The molecular formula is C13H20N2O4. The van der Waals surface area contributed by atoms with Crippen LogP contribution in [0.25, 0.3) is 0 Å². The van der Waals surface area contributed by atoms with E-state index in [4.69, 9.17) is 9.15 Å². The predicted octanol–water partition coefficient (Wildman–Crippen LogP) is 2.23. The standard InChI is InChI=1S/C13H20N2O4/c1-8-9(2)18-10(14-8)13(6,7-16)15-11(17)19-12(3,4)5/h7H,1-6H3,(H,15,17). The molecule has 0 saturated carbocycles. The van der Waals surface area contributed by atoms with E-state index in [-0.39, 0.29) is 5.89 Å². The Hall–Kier alpha value is -1.85. The highest BCUT2D eigenvalue weighted by atomic mass is 16.6. The third kappa shape index (κ3) is 3.81. The van der Waals surface area contributed by atoms with E-state index >= 15 is 0 Å². The number of aldehydes is 1. The highest BCUT2D eigenvalue weighted by Gasteiger charge is 2.35. The number of alkyl carbamates (subject to hydrolysis) is 1. The molecule has 1 N–H and O–H groups in total. The lowest BCUT2D eigenvalue weighted by Crippen LogP contribution is -2.47. The number of nitrogens with one attached hydrogen (secondary N) is 1. The Morgan fingerprint density at radius 1 is 1.32 bits per heavy atom. The van der Waals surface area contributed by atoms with Crippen molar-refractivity contribution in [3.05, 3.63) is 17.3 Å². The van der Waals surface area contributed by atoms with Gasteiger partial charge in [-0.05, 0) is 41.5 Å². The quantitative estimate of drug-likeness (QED) is 0.850. The fourth-order valence-electron chi connectivity index (χ4n) is 1.34. The summed E-state index contributed by atoms with van der Waals surface area (Å²) in [5.41, 5.74) is -1.31. The molecule has 1 aromatic rings. The van der Waals surface area contributed by atoms with E-state index in [9.17, 15) is 9.59 Å². The lowest BCUT2D eigenvalue weighted by Gasteiger charge is -2.25. The summed E-state index contributed by atoms with van der Waals surface area (Å²) in [5.74, 6) is 0.748. The van der Waals surface area contributed by atoms with Crippen molar-refractivity contribution in [3.63, 3.8) is 0 Å². The SMILES string of the molecule is Cc1nc(C(C)(C=O)NC(=O)OC(C)(C)C)oc1C. The molecule has 0 aliphatic rings. The van der Waals surface area contributed by atoms with E-state index in [1.807, 2.05) is 0 Å². The first-order chi connectivity index (χ1) is 8.57. The van der Waals surface area contributed by atoms with Crippen LogP contribution in [0.1, 0.15) is 45.0 Å². The van der Waals surface area contributed by atoms with Gasteiger partial charge in [0.05, 0.1) is 5.69 Å². The van der Waals surface area contributed by atoms with Gasteiger partial charge >= 0.3 is 6.09 Å². The van der Waals surface area contributed by atoms with Crippen molar-refractivity contribution in [2.75, 3.05) is 0 Å². The molecule has 0 spiro atoms. The third-order valence-electron chi connectivity index (χ3n) is 2.47. The number of hydrogen-bond acceptors (Lipinski definition) is 5. The smallest absolute Gasteiger partial charge is 0.408 e. The molecule has 0 bridgehead atoms. The molecule has 0 radical (unpaired) electrons. The fourth-order valence-corrected chi connectivity index (χ4v) is 1.34. The van der Waals surface area contributed by atoms with Crippen molar-refractivity contribution in [1.29, 1.82) is 0 Å². The minimum atomic E-state index is -1.35. The summed E-state index contributed by atoms with van der Waals surface area (Å²) in [4.78, 5) is 27.1. The van der Waals surface area contributed by atoms with E-state index in [1.165, 1.54) is 6.92 Å².